The van der Waals surface area contributed by atoms with Crippen molar-refractivity contribution in [2.45, 2.75) is 4.90 Å². The van der Waals surface area contributed by atoms with Gasteiger partial charge in [-0.15, -0.1) is 5.10 Å². The summed E-state index contributed by atoms with van der Waals surface area (Å²) < 4.78 is 36.3. The maximum absolute atomic E-state index is 12.8. The van der Waals surface area contributed by atoms with Crippen LogP contribution in [0.2, 0.25) is 0 Å². The van der Waals surface area contributed by atoms with Crippen LogP contribution >= 0.6 is 0 Å². The minimum absolute atomic E-state index is 0.0459. The molecule has 138 valence electrons. The van der Waals surface area contributed by atoms with Gasteiger partial charge >= 0.3 is 0 Å². The van der Waals surface area contributed by atoms with E-state index in [0.717, 1.165) is 5.39 Å². The van der Waals surface area contributed by atoms with Crippen LogP contribution in [-0.4, -0.2) is 40.1 Å². The lowest BCUT2D eigenvalue weighted by molar-refractivity contribution is 0.394. The Morgan fingerprint density at radius 3 is 2.67 bits per heavy atom. The zero-order chi connectivity index (χ0) is 19.0. The van der Waals surface area contributed by atoms with Gasteiger partial charge in [0.25, 0.3) is 10.0 Å². The number of para-hydroxylation sites is 1. The van der Waals surface area contributed by atoms with Gasteiger partial charge in [-0.3, -0.25) is 9.40 Å². The zero-order valence-corrected chi connectivity index (χ0v) is 15.4. The third-order valence-corrected chi connectivity index (χ3v) is 5.40. The summed E-state index contributed by atoms with van der Waals surface area (Å²) >= 11 is 0. The Morgan fingerprint density at radius 2 is 1.96 bits per heavy atom. The lowest BCUT2D eigenvalue weighted by Crippen LogP contribution is -2.14. The van der Waals surface area contributed by atoms with Crippen molar-refractivity contribution in [3.63, 3.8) is 0 Å². The highest BCUT2D eigenvalue weighted by Crippen LogP contribution is 2.25. The van der Waals surface area contributed by atoms with Gasteiger partial charge in [-0.1, -0.05) is 12.1 Å². The molecule has 1 aromatic carbocycles. The predicted molar refractivity (Wildman–Crippen MR) is 99.4 cm³/mol. The number of nitrogens with one attached hydrogen (secondary N) is 1. The zero-order valence-electron chi connectivity index (χ0n) is 14.6. The van der Waals surface area contributed by atoms with Gasteiger partial charge in [-0.2, -0.15) is 5.10 Å². The Kier molecular flexibility index (Phi) is 4.04. The molecule has 0 saturated carbocycles. The van der Waals surface area contributed by atoms with Crippen molar-refractivity contribution in [2.75, 3.05) is 11.8 Å². The van der Waals surface area contributed by atoms with Crippen LogP contribution in [0.3, 0.4) is 0 Å². The summed E-state index contributed by atoms with van der Waals surface area (Å²) in [4.78, 5) is 4.23. The fourth-order valence-corrected chi connectivity index (χ4v) is 3.74. The molecular formula is C17H16N6O3S. The van der Waals surface area contributed by atoms with Gasteiger partial charge in [-0.25, -0.2) is 18.1 Å². The normalized spacial score (nSPS) is 11.6. The van der Waals surface area contributed by atoms with Gasteiger partial charge in [0, 0.05) is 30.9 Å². The molecule has 0 spiro atoms. The molecule has 9 nitrogen and oxygen atoms in total. The number of pyridine rings is 1. The molecule has 0 amide bonds. The fraction of sp³-hybridized carbons (Fsp3) is 0.118. The van der Waals surface area contributed by atoms with Crippen LogP contribution in [0.25, 0.3) is 16.7 Å². The van der Waals surface area contributed by atoms with Crippen molar-refractivity contribution in [3.8, 4) is 11.7 Å². The lowest BCUT2D eigenvalue weighted by atomic mass is 10.2. The Balaban J connectivity index is 1.64. The number of aryl methyl sites for hydroxylation is 1. The van der Waals surface area contributed by atoms with E-state index >= 15 is 0 Å². The third-order valence-electron chi connectivity index (χ3n) is 4.04. The molecule has 0 bridgehead atoms. The molecule has 0 fully saturated rings. The molecule has 0 unspecified atom stereocenters. The minimum Gasteiger partial charge on any atom is -0.480 e. The monoisotopic (exact) mass is 384 g/mol. The van der Waals surface area contributed by atoms with E-state index in [1.165, 1.54) is 24.1 Å². The summed E-state index contributed by atoms with van der Waals surface area (Å²) in [6.07, 6.45) is 4.65. The molecule has 3 aromatic heterocycles. The van der Waals surface area contributed by atoms with E-state index in [4.69, 9.17) is 4.74 Å². The third kappa shape index (κ3) is 3.10. The molecule has 0 aliphatic rings. The maximum Gasteiger partial charge on any atom is 0.263 e. The van der Waals surface area contributed by atoms with Gasteiger partial charge < -0.3 is 4.74 Å². The second-order valence-corrected chi connectivity index (χ2v) is 7.45. The van der Waals surface area contributed by atoms with Crippen LogP contribution < -0.4 is 9.46 Å². The first-order valence-electron chi connectivity index (χ1n) is 7.97. The van der Waals surface area contributed by atoms with Crippen LogP contribution in [0.1, 0.15) is 0 Å². The molecule has 10 heteroatoms. The Hall–Kier alpha value is -3.40. The minimum atomic E-state index is -3.81. The summed E-state index contributed by atoms with van der Waals surface area (Å²) in [7, 11) is -0.529. The van der Waals surface area contributed by atoms with E-state index in [9.17, 15) is 8.42 Å². The van der Waals surface area contributed by atoms with E-state index in [-0.39, 0.29) is 4.90 Å². The topological polar surface area (TPSA) is 104 Å². The van der Waals surface area contributed by atoms with Crippen molar-refractivity contribution in [1.82, 2.24) is 24.5 Å². The molecule has 27 heavy (non-hydrogen) atoms. The Labute approximate surface area is 155 Å². The molecule has 4 aromatic rings. The average molecular weight is 384 g/mol. The van der Waals surface area contributed by atoms with Crippen LogP contribution in [-0.2, 0) is 17.1 Å². The number of nitrogens with zero attached hydrogens (tertiary/aromatic N) is 5. The highest BCUT2D eigenvalue weighted by molar-refractivity contribution is 7.92. The number of aromatic nitrogens is 5. The molecule has 0 aliphatic heterocycles. The van der Waals surface area contributed by atoms with Crippen LogP contribution in [0.5, 0.6) is 5.88 Å². The fourth-order valence-electron chi connectivity index (χ4n) is 2.73. The number of fused-ring (bicyclic) bond motifs is 1. The van der Waals surface area contributed by atoms with Gasteiger partial charge in [-0.05, 0) is 18.2 Å². The van der Waals surface area contributed by atoms with Crippen molar-refractivity contribution in [3.05, 3.63) is 55.0 Å². The van der Waals surface area contributed by atoms with E-state index in [1.54, 1.807) is 48.4 Å². The maximum atomic E-state index is 12.8. The number of hydrogen-bond acceptors (Lipinski definition) is 6. The number of hydrogen-bond donors (Lipinski definition) is 1. The van der Waals surface area contributed by atoms with Crippen molar-refractivity contribution in [1.29, 1.82) is 0 Å². The summed E-state index contributed by atoms with van der Waals surface area (Å²) in [5, 5.41) is 9.16. The lowest BCUT2D eigenvalue weighted by Gasteiger charge is -2.10. The number of rotatable bonds is 5. The van der Waals surface area contributed by atoms with Crippen LogP contribution in [0, 0.1) is 0 Å². The van der Waals surface area contributed by atoms with Crippen LogP contribution in [0.15, 0.2) is 59.9 Å². The first kappa shape index (κ1) is 17.0. The van der Waals surface area contributed by atoms with Crippen molar-refractivity contribution in [2.24, 2.45) is 7.05 Å². The second kappa shape index (κ2) is 6.40. The van der Waals surface area contributed by atoms with E-state index < -0.39 is 10.0 Å². The SMILES string of the molecule is COc1ccn(-c2ccc(S(=O)(=O)Nc3cccc4cnn(C)c34)cn2)n1. The van der Waals surface area contributed by atoms with Gasteiger partial charge in [0.2, 0.25) is 5.88 Å². The Morgan fingerprint density at radius 1 is 1.11 bits per heavy atom. The number of sulfonamides is 1. The van der Waals surface area contributed by atoms with E-state index in [0.29, 0.717) is 22.9 Å². The first-order chi connectivity index (χ1) is 13.0. The summed E-state index contributed by atoms with van der Waals surface area (Å²) in [6.45, 7) is 0. The number of ether oxygens (including phenoxy) is 1. The molecule has 4 rings (SSSR count). The Bertz CT molecular complexity index is 1210. The number of benzene rings is 1. The van der Waals surface area contributed by atoms with E-state index in [2.05, 4.69) is 19.9 Å². The first-order valence-corrected chi connectivity index (χ1v) is 9.46. The molecule has 0 saturated heterocycles. The summed E-state index contributed by atoms with van der Waals surface area (Å²) in [5.74, 6) is 0.922. The average Bonchev–Trinajstić information content (AvgIpc) is 3.29. The smallest absolute Gasteiger partial charge is 0.263 e. The molecule has 0 atom stereocenters. The number of anilines is 1. The standard InChI is InChI=1S/C17H16N6O3S/c1-22-17-12(10-19-22)4-3-5-14(17)21-27(24,25)13-6-7-15(18-11-13)23-9-8-16(20-23)26-2/h3-11,21H,1-2H3. The van der Waals surface area contributed by atoms with Crippen LogP contribution in [0.4, 0.5) is 5.69 Å². The van der Waals surface area contributed by atoms with Crippen molar-refractivity contribution < 1.29 is 13.2 Å². The second-order valence-electron chi connectivity index (χ2n) is 5.77. The van der Waals surface area contributed by atoms with Gasteiger partial charge in [0.15, 0.2) is 5.82 Å². The van der Waals surface area contributed by atoms with E-state index in [1.807, 2.05) is 6.07 Å². The highest BCUT2D eigenvalue weighted by Gasteiger charge is 2.17. The number of methoxy groups -OCH3 is 1. The quantitative estimate of drug-likeness (QED) is 0.564. The molecule has 1 N–H and O–H groups in total. The molecule has 3 heterocycles. The summed E-state index contributed by atoms with van der Waals surface area (Å²) in [5.41, 5.74) is 1.16. The highest BCUT2D eigenvalue weighted by atomic mass is 32.2. The van der Waals surface area contributed by atoms with Crippen molar-refractivity contribution >= 4 is 26.6 Å². The molecule has 0 radical (unpaired) electrons. The van der Waals surface area contributed by atoms with Gasteiger partial charge in [0.1, 0.15) is 4.90 Å². The summed E-state index contributed by atoms with van der Waals surface area (Å²) in [6, 6.07) is 10.1. The molecular weight excluding hydrogens is 368 g/mol. The largest absolute Gasteiger partial charge is 0.480 e. The van der Waals surface area contributed by atoms with Gasteiger partial charge in [0.05, 0.1) is 24.5 Å². The predicted octanol–water partition coefficient (Wildman–Crippen LogP) is 1.96. The molecule has 0 aliphatic carbocycles.